The van der Waals surface area contributed by atoms with Crippen LogP contribution in [0, 0.1) is 18.8 Å². The van der Waals surface area contributed by atoms with Crippen LogP contribution >= 0.6 is 0 Å². The number of fused-ring (bicyclic) bond motifs is 2. The van der Waals surface area contributed by atoms with E-state index >= 15 is 0 Å². The van der Waals surface area contributed by atoms with Gasteiger partial charge in [-0.1, -0.05) is 6.92 Å². The zero-order valence-corrected chi connectivity index (χ0v) is 12.1. The highest BCUT2D eigenvalue weighted by molar-refractivity contribution is 5.08. The molecule has 1 saturated heterocycles. The molecule has 5 atom stereocenters. The monoisotopic (exact) mass is 296 g/mol. The SMILES string of the molecule is Cc1cn([C@@H]2O[C@@]3(CO)CC[C@@H](C)[C@H]2C3O)c(=O)[nH]c1=O. The highest BCUT2D eigenvalue weighted by Gasteiger charge is 2.59. The molecule has 0 radical (unpaired) electrons. The average molecular weight is 296 g/mol. The van der Waals surface area contributed by atoms with E-state index in [9.17, 15) is 19.8 Å². The predicted octanol–water partition coefficient (Wildman–Crippen LogP) is -0.488. The van der Waals surface area contributed by atoms with Crippen molar-refractivity contribution in [2.75, 3.05) is 6.61 Å². The van der Waals surface area contributed by atoms with Gasteiger partial charge in [0, 0.05) is 17.7 Å². The lowest BCUT2D eigenvalue weighted by Crippen LogP contribution is -2.49. The van der Waals surface area contributed by atoms with Gasteiger partial charge in [-0.15, -0.1) is 0 Å². The van der Waals surface area contributed by atoms with Crippen LogP contribution in [-0.2, 0) is 4.74 Å². The second-order valence-electron chi connectivity index (χ2n) is 6.25. The molecule has 1 saturated carbocycles. The summed E-state index contributed by atoms with van der Waals surface area (Å²) in [7, 11) is 0. The van der Waals surface area contributed by atoms with Crippen LogP contribution in [-0.4, -0.2) is 38.1 Å². The molecule has 1 aliphatic heterocycles. The molecular formula is C14H20N2O5. The van der Waals surface area contributed by atoms with Crippen LogP contribution in [0.1, 0.15) is 31.6 Å². The Balaban J connectivity index is 2.09. The van der Waals surface area contributed by atoms with Crippen LogP contribution in [0.3, 0.4) is 0 Å². The summed E-state index contributed by atoms with van der Waals surface area (Å²) < 4.78 is 7.23. The summed E-state index contributed by atoms with van der Waals surface area (Å²) in [5.41, 5.74) is -1.59. The number of aromatic nitrogens is 2. The number of aryl methyl sites for hydroxylation is 1. The Morgan fingerprint density at radius 1 is 1.52 bits per heavy atom. The van der Waals surface area contributed by atoms with Crippen molar-refractivity contribution in [3.63, 3.8) is 0 Å². The molecule has 1 unspecified atom stereocenters. The van der Waals surface area contributed by atoms with Gasteiger partial charge in [0.05, 0.1) is 12.7 Å². The molecule has 2 aliphatic rings. The molecule has 1 aromatic rings. The van der Waals surface area contributed by atoms with E-state index in [4.69, 9.17) is 4.74 Å². The molecule has 2 bridgehead atoms. The molecule has 3 rings (SSSR count). The van der Waals surface area contributed by atoms with Crippen LogP contribution in [0.15, 0.2) is 15.8 Å². The maximum absolute atomic E-state index is 12.1. The number of H-pyrrole nitrogens is 1. The van der Waals surface area contributed by atoms with Gasteiger partial charge in [-0.05, 0) is 25.7 Å². The van der Waals surface area contributed by atoms with Gasteiger partial charge in [-0.3, -0.25) is 14.3 Å². The zero-order valence-electron chi connectivity index (χ0n) is 12.1. The number of aromatic amines is 1. The third kappa shape index (κ3) is 1.99. The van der Waals surface area contributed by atoms with Crippen molar-refractivity contribution in [2.45, 2.75) is 44.6 Å². The normalized spacial score (nSPS) is 38.7. The summed E-state index contributed by atoms with van der Waals surface area (Å²) in [4.78, 5) is 25.8. The van der Waals surface area contributed by atoms with Gasteiger partial charge >= 0.3 is 5.69 Å². The summed E-state index contributed by atoms with van der Waals surface area (Å²) >= 11 is 0. The van der Waals surface area contributed by atoms with E-state index in [1.807, 2.05) is 6.92 Å². The molecule has 1 aliphatic carbocycles. The van der Waals surface area contributed by atoms with Gasteiger partial charge in [0.25, 0.3) is 5.56 Å². The van der Waals surface area contributed by atoms with Crippen molar-refractivity contribution >= 4 is 0 Å². The third-order valence-electron chi connectivity index (χ3n) is 4.96. The van der Waals surface area contributed by atoms with E-state index < -0.39 is 29.2 Å². The quantitative estimate of drug-likeness (QED) is 0.683. The molecule has 2 fully saturated rings. The van der Waals surface area contributed by atoms with Crippen LogP contribution in [0.4, 0.5) is 0 Å². The van der Waals surface area contributed by atoms with E-state index in [0.29, 0.717) is 12.0 Å². The second-order valence-corrected chi connectivity index (χ2v) is 6.25. The molecule has 1 aromatic heterocycles. The minimum atomic E-state index is -1.01. The van der Waals surface area contributed by atoms with Crippen molar-refractivity contribution in [3.05, 3.63) is 32.6 Å². The highest BCUT2D eigenvalue weighted by atomic mass is 16.6. The van der Waals surface area contributed by atoms with E-state index in [0.717, 1.165) is 6.42 Å². The Kier molecular flexibility index (Phi) is 3.31. The average Bonchev–Trinajstić information content (AvgIpc) is 2.63. The van der Waals surface area contributed by atoms with Crippen LogP contribution in [0.25, 0.3) is 0 Å². The Bertz CT molecular complexity index is 666. The number of ether oxygens (including phenoxy) is 1. The maximum Gasteiger partial charge on any atom is 0.330 e. The summed E-state index contributed by atoms with van der Waals surface area (Å²) in [6.45, 7) is 3.32. The van der Waals surface area contributed by atoms with Gasteiger partial charge < -0.3 is 14.9 Å². The van der Waals surface area contributed by atoms with Crippen molar-refractivity contribution in [1.29, 1.82) is 0 Å². The highest BCUT2D eigenvalue weighted by Crippen LogP contribution is 2.51. The van der Waals surface area contributed by atoms with Gasteiger partial charge in [-0.2, -0.15) is 0 Å². The molecule has 7 heteroatoms. The van der Waals surface area contributed by atoms with E-state index in [2.05, 4.69) is 4.98 Å². The minimum Gasteiger partial charge on any atom is -0.393 e. The van der Waals surface area contributed by atoms with Crippen molar-refractivity contribution < 1.29 is 14.9 Å². The number of hydrogen-bond donors (Lipinski definition) is 3. The Morgan fingerprint density at radius 3 is 2.90 bits per heavy atom. The van der Waals surface area contributed by atoms with Gasteiger partial charge in [0.2, 0.25) is 0 Å². The van der Waals surface area contributed by atoms with E-state index in [1.165, 1.54) is 10.8 Å². The fourth-order valence-corrected chi connectivity index (χ4v) is 3.59. The number of nitrogens with one attached hydrogen (secondary N) is 1. The fourth-order valence-electron chi connectivity index (χ4n) is 3.59. The molecule has 0 spiro atoms. The molecule has 21 heavy (non-hydrogen) atoms. The first-order chi connectivity index (χ1) is 9.89. The molecule has 2 heterocycles. The molecule has 0 aromatic carbocycles. The summed E-state index contributed by atoms with van der Waals surface area (Å²) in [6.07, 6.45) is 1.33. The minimum absolute atomic E-state index is 0.159. The molecule has 7 nitrogen and oxygen atoms in total. The third-order valence-corrected chi connectivity index (χ3v) is 4.96. The van der Waals surface area contributed by atoms with E-state index in [1.54, 1.807) is 6.92 Å². The lowest BCUT2D eigenvalue weighted by Gasteiger charge is -2.37. The number of rotatable bonds is 2. The standard InChI is InChI=1S/C14H20N2O5/c1-7-3-4-14(6-17)10(18)9(7)12(21-14)16-5-8(2)11(19)15-13(16)20/h5,7,9-10,12,17-18H,3-4,6H2,1-2H3,(H,15,19,20)/t7-,9+,10?,12-,14-/m1/s1. The number of aliphatic hydroxyl groups excluding tert-OH is 2. The summed E-state index contributed by atoms with van der Waals surface area (Å²) in [6, 6.07) is 0. The second kappa shape index (κ2) is 4.79. The van der Waals surface area contributed by atoms with Gasteiger partial charge in [0.15, 0.2) is 0 Å². The van der Waals surface area contributed by atoms with Gasteiger partial charge in [0.1, 0.15) is 11.8 Å². The maximum atomic E-state index is 12.1. The predicted molar refractivity (Wildman–Crippen MR) is 73.9 cm³/mol. The lowest BCUT2D eigenvalue weighted by molar-refractivity contribution is -0.133. The largest absolute Gasteiger partial charge is 0.393 e. The molecule has 0 amide bonds. The van der Waals surface area contributed by atoms with Crippen LogP contribution in [0.5, 0.6) is 0 Å². The summed E-state index contributed by atoms with van der Waals surface area (Å²) in [5, 5.41) is 20.1. The molecule has 116 valence electrons. The first-order valence-electron chi connectivity index (χ1n) is 7.18. The smallest absolute Gasteiger partial charge is 0.330 e. The first-order valence-corrected chi connectivity index (χ1v) is 7.18. The number of aliphatic hydroxyl groups is 2. The molecular weight excluding hydrogens is 276 g/mol. The Hall–Kier alpha value is -1.44. The van der Waals surface area contributed by atoms with Crippen LogP contribution < -0.4 is 11.2 Å². The first kappa shape index (κ1) is 14.5. The topological polar surface area (TPSA) is 105 Å². The molecule has 3 N–H and O–H groups in total. The fraction of sp³-hybridized carbons (Fsp3) is 0.714. The van der Waals surface area contributed by atoms with Crippen molar-refractivity contribution in [2.24, 2.45) is 11.8 Å². The Morgan fingerprint density at radius 2 is 2.24 bits per heavy atom. The number of hydrogen-bond acceptors (Lipinski definition) is 5. The summed E-state index contributed by atoms with van der Waals surface area (Å²) in [5.74, 6) is -0.125. The van der Waals surface area contributed by atoms with Crippen molar-refractivity contribution in [1.82, 2.24) is 9.55 Å². The lowest BCUT2D eigenvalue weighted by atomic mass is 9.72. The van der Waals surface area contributed by atoms with Gasteiger partial charge in [-0.25, -0.2) is 4.79 Å². The van der Waals surface area contributed by atoms with Crippen molar-refractivity contribution in [3.8, 4) is 0 Å². The van der Waals surface area contributed by atoms with E-state index in [-0.39, 0.29) is 18.4 Å². The zero-order chi connectivity index (χ0) is 15.4. The Labute approximate surface area is 121 Å². The van der Waals surface area contributed by atoms with Crippen LogP contribution in [0.2, 0.25) is 0 Å². The number of nitrogens with zero attached hydrogens (tertiary/aromatic N) is 1.